The maximum absolute atomic E-state index is 14.1. The van der Waals surface area contributed by atoms with E-state index < -0.39 is 6.11 Å². The Kier molecular flexibility index (Phi) is 5.28. The van der Waals surface area contributed by atoms with Gasteiger partial charge >= 0.3 is 6.11 Å². The predicted octanol–water partition coefficient (Wildman–Crippen LogP) is 4.69. The van der Waals surface area contributed by atoms with Crippen LogP contribution in [0.25, 0.3) is 0 Å². The highest BCUT2D eigenvalue weighted by Gasteiger charge is 2.34. The smallest absolute Gasteiger partial charge is 0.426 e. The molecule has 2 nitrogen and oxygen atoms in total. The minimum Gasteiger partial charge on any atom is -0.429 e. The molecule has 0 bridgehead atoms. The molecule has 2 aromatic carbocycles. The van der Waals surface area contributed by atoms with Crippen molar-refractivity contribution in [3.05, 3.63) is 77.9 Å². The van der Waals surface area contributed by atoms with Crippen molar-refractivity contribution in [2.45, 2.75) is 19.1 Å². The Balaban J connectivity index is 2.10. The van der Waals surface area contributed by atoms with Crippen LogP contribution in [-0.2, 0) is 23.9 Å². The third-order valence-corrected chi connectivity index (χ3v) is 3.15. The number of benzene rings is 2. The largest absolute Gasteiger partial charge is 0.429 e. The Bertz CT molecular complexity index is 604. The lowest BCUT2D eigenvalue weighted by Gasteiger charge is -2.18. The fraction of sp³-hybridized carbons (Fsp3) is 0.222. The van der Waals surface area contributed by atoms with Crippen LogP contribution >= 0.6 is 0 Å². The van der Waals surface area contributed by atoms with E-state index in [-0.39, 0.29) is 11.3 Å². The van der Waals surface area contributed by atoms with Crippen molar-refractivity contribution >= 4 is 0 Å². The summed E-state index contributed by atoms with van der Waals surface area (Å²) >= 11 is 0. The monoisotopic (exact) mass is 304 g/mol. The first-order chi connectivity index (χ1) is 10.5. The van der Waals surface area contributed by atoms with Gasteiger partial charge in [0, 0.05) is 7.11 Å². The molecule has 4 heteroatoms. The number of methoxy groups -OCH3 is 1. The molecule has 0 saturated carbocycles. The highest BCUT2D eigenvalue weighted by molar-refractivity contribution is 5.30. The summed E-state index contributed by atoms with van der Waals surface area (Å²) in [6.07, 6.45) is -1.01. The molecular formula is C18H18F2O2. The second-order valence-corrected chi connectivity index (χ2v) is 4.89. The average molecular weight is 304 g/mol. The van der Waals surface area contributed by atoms with Crippen molar-refractivity contribution in [1.29, 1.82) is 0 Å². The maximum atomic E-state index is 14.1. The topological polar surface area (TPSA) is 18.5 Å². The normalized spacial score (nSPS) is 11.2. The Hall–Kier alpha value is -2.20. The van der Waals surface area contributed by atoms with Crippen LogP contribution in [0.5, 0.6) is 5.75 Å². The van der Waals surface area contributed by atoms with E-state index in [0.717, 1.165) is 11.1 Å². The molecule has 0 aliphatic carbocycles. The highest BCUT2D eigenvalue weighted by Crippen LogP contribution is 2.31. The molecule has 0 aliphatic rings. The Morgan fingerprint density at radius 2 is 1.59 bits per heavy atom. The molecule has 2 aromatic rings. The van der Waals surface area contributed by atoms with Crippen LogP contribution in [0.4, 0.5) is 8.78 Å². The Labute approximate surface area is 129 Å². The predicted molar refractivity (Wildman–Crippen MR) is 82.0 cm³/mol. The number of rotatable bonds is 7. The average Bonchev–Trinajstić information content (AvgIpc) is 2.50. The summed E-state index contributed by atoms with van der Waals surface area (Å²) in [5.41, 5.74) is 1.65. The first-order valence-electron chi connectivity index (χ1n) is 6.90. The number of hydrogen-bond donors (Lipinski definition) is 0. The molecule has 0 aromatic heterocycles. The third-order valence-electron chi connectivity index (χ3n) is 3.15. The molecule has 2 rings (SSSR count). The van der Waals surface area contributed by atoms with Gasteiger partial charge in [0.1, 0.15) is 5.75 Å². The minimum atomic E-state index is -3.38. The highest BCUT2D eigenvalue weighted by atomic mass is 19.3. The molecule has 0 fully saturated rings. The Morgan fingerprint density at radius 3 is 2.14 bits per heavy atom. The first-order valence-corrected chi connectivity index (χ1v) is 6.90. The lowest BCUT2D eigenvalue weighted by molar-refractivity contribution is -0.185. The van der Waals surface area contributed by atoms with Crippen LogP contribution in [0.1, 0.15) is 16.7 Å². The number of alkyl halides is 2. The summed E-state index contributed by atoms with van der Waals surface area (Å²) in [5, 5.41) is 0. The molecule has 0 N–H and O–H groups in total. The summed E-state index contributed by atoms with van der Waals surface area (Å²) in [6.45, 7) is 4.05. The van der Waals surface area contributed by atoms with Crippen molar-refractivity contribution < 1.29 is 18.3 Å². The SMILES string of the molecule is C=CCc1ccc(C(F)(F)Oc2ccc(COC)cc2)cc1. The van der Waals surface area contributed by atoms with Crippen molar-refractivity contribution in [1.82, 2.24) is 0 Å². The quantitative estimate of drug-likeness (QED) is 0.691. The van der Waals surface area contributed by atoms with Crippen LogP contribution < -0.4 is 4.74 Å². The Morgan fingerprint density at radius 1 is 1.00 bits per heavy atom. The molecular weight excluding hydrogens is 286 g/mol. The van der Waals surface area contributed by atoms with Gasteiger partial charge in [-0.25, -0.2) is 0 Å². The molecule has 0 saturated heterocycles. The zero-order valence-corrected chi connectivity index (χ0v) is 12.4. The standard InChI is InChI=1S/C18H18F2O2/c1-3-4-14-5-9-16(10-6-14)18(19,20)22-17-11-7-15(8-12-17)13-21-2/h3,5-12H,1,4,13H2,2H3. The second kappa shape index (κ2) is 7.18. The van der Waals surface area contributed by atoms with Crippen LogP contribution in [0.2, 0.25) is 0 Å². The van der Waals surface area contributed by atoms with E-state index >= 15 is 0 Å². The molecule has 0 heterocycles. The fourth-order valence-electron chi connectivity index (χ4n) is 2.03. The van der Waals surface area contributed by atoms with E-state index in [2.05, 4.69) is 6.58 Å². The van der Waals surface area contributed by atoms with Crippen molar-refractivity contribution in [3.63, 3.8) is 0 Å². The van der Waals surface area contributed by atoms with Gasteiger partial charge in [-0.2, -0.15) is 8.78 Å². The first kappa shape index (κ1) is 16.2. The fourth-order valence-corrected chi connectivity index (χ4v) is 2.03. The van der Waals surface area contributed by atoms with Gasteiger partial charge in [0.15, 0.2) is 0 Å². The van der Waals surface area contributed by atoms with E-state index in [1.165, 1.54) is 24.3 Å². The van der Waals surface area contributed by atoms with Crippen LogP contribution in [0, 0.1) is 0 Å². The summed E-state index contributed by atoms with van der Waals surface area (Å²) in [6, 6.07) is 12.5. The summed E-state index contributed by atoms with van der Waals surface area (Å²) in [7, 11) is 1.58. The van der Waals surface area contributed by atoms with Gasteiger partial charge in [0.05, 0.1) is 12.2 Å². The number of halogens is 2. The zero-order chi connectivity index (χ0) is 16.0. The van der Waals surface area contributed by atoms with Gasteiger partial charge in [-0.05, 0) is 41.8 Å². The van der Waals surface area contributed by atoms with E-state index in [9.17, 15) is 8.78 Å². The molecule has 0 unspecified atom stereocenters. The van der Waals surface area contributed by atoms with Gasteiger partial charge in [-0.15, -0.1) is 6.58 Å². The van der Waals surface area contributed by atoms with Gasteiger partial charge in [-0.3, -0.25) is 0 Å². The van der Waals surface area contributed by atoms with Gasteiger partial charge in [-0.1, -0.05) is 30.3 Å². The molecule has 0 amide bonds. The number of ether oxygens (including phenoxy) is 2. The van der Waals surface area contributed by atoms with Crippen molar-refractivity contribution in [2.75, 3.05) is 7.11 Å². The zero-order valence-electron chi connectivity index (χ0n) is 12.4. The molecule has 0 radical (unpaired) electrons. The molecule has 0 spiro atoms. The summed E-state index contributed by atoms with van der Waals surface area (Å²) < 4.78 is 38.1. The lowest BCUT2D eigenvalue weighted by atomic mass is 10.1. The second-order valence-electron chi connectivity index (χ2n) is 4.89. The van der Waals surface area contributed by atoms with Crippen molar-refractivity contribution in [3.8, 4) is 5.75 Å². The van der Waals surface area contributed by atoms with Crippen LogP contribution in [0.3, 0.4) is 0 Å². The van der Waals surface area contributed by atoms with Gasteiger partial charge in [0.2, 0.25) is 0 Å². The molecule has 22 heavy (non-hydrogen) atoms. The van der Waals surface area contributed by atoms with E-state index in [1.807, 2.05) is 0 Å². The third kappa shape index (κ3) is 4.15. The maximum Gasteiger partial charge on any atom is 0.426 e. The van der Waals surface area contributed by atoms with Crippen LogP contribution in [-0.4, -0.2) is 7.11 Å². The molecule has 0 atom stereocenters. The van der Waals surface area contributed by atoms with E-state index in [4.69, 9.17) is 9.47 Å². The number of hydrogen-bond acceptors (Lipinski definition) is 2. The van der Waals surface area contributed by atoms with E-state index in [1.54, 1.807) is 37.5 Å². The lowest BCUT2D eigenvalue weighted by Crippen LogP contribution is -2.21. The van der Waals surface area contributed by atoms with Gasteiger partial charge in [0.25, 0.3) is 0 Å². The molecule has 0 aliphatic heterocycles. The molecule has 116 valence electrons. The van der Waals surface area contributed by atoms with Crippen molar-refractivity contribution in [2.24, 2.45) is 0 Å². The minimum absolute atomic E-state index is 0.111. The summed E-state index contributed by atoms with van der Waals surface area (Å²) in [5.74, 6) is 0.111. The van der Waals surface area contributed by atoms with Crippen LogP contribution in [0.15, 0.2) is 61.2 Å². The van der Waals surface area contributed by atoms with E-state index in [0.29, 0.717) is 13.0 Å². The van der Waals surface area contributed by atoms with Gasteiger partial charge < -0.3 is 9.47 Å². The number of allylic oxidation sites excluding steroid dienone is 1. The summed E-state index contributed by atoms with van der Waals surface area (Å²) in [4.78, 5) is 0.